The third-order valence-corrected chi connectivity index (χ3v) is 3.19. The molecule has 1 aromatic rings. The lowest BCUT2D eigenvalue weighted by Crippen LogP contribution is -2.10. The predicted octanol–water partition coefficient (Wildman–Crippen LogP) is 2.91. The summed E-state index contributed by atoms with van der Waals surface area (Å²) in [7, 11) is 1.40. The fourth-order valence-electron chi connectivity index (χ4n) is 1.36. The van der Waals surface area contributed by atoms with Crippen molar-refractivity contribution in [3.05, 3.63) is 18.3 Å². The van der Waals surface area contributed by atoms with Gasteiger partial charge in [-0.2, -0.15) is 0 Å². The van der Waals surface area contributed by atoms with Crippen LogP contribution in [0.15, 0.2) is 23.4 Å². The van der Waals surface area contributed by atoms with E-state index in [0.29, 0.717) is 6.42 Å². The van der Waals surface area contributed by atoms with E-state index in [4.69, 9.17) is 4.74 Å². The highest BCUT2D eigenvalue weighted by Crippen LogP contribution is 2.31. The Hall–Kier alpha value is -1.23. The van der Waals surface area contributed by atoms with Crippen LogP contribution in [-0.2, 0) is 9.53 Å². The summed E-state index contributed by atoms with van der Waals surface area (Å²) in [5.41, 5.74) is 0. The second-order valence-corrected chi connectivity index (χ2v) is 5.61. The molecule has 100 valence electrons. The Bertz CT molecular complexity index is 396. The number of esters is 1. The molecule has 0 bridgehead atoms. The number of nitrogens with zero attached hydrogens (tertiary/aromatic N) is 1. The maximum atomic E-state index is 11.2. The molecule has 0 saturated carbocycles. The Morgan fingerprint density at radius 2 is 2.17 bits per heavy atom. The molecule has 0 N–H and O–H groups in total. The van der Waals surface area contributed by atoms with E-state index in [-0.39, 0.29) is 17.3 Å². The fourth-order valence-corrected chi connectivity index (χ4v) is 2.31. The molecule has 0 aliphatic heterocycles. The number of thioether (sulfide) groups is 1. The topological polar surface area (TPSA) is 48.4 Å². The van der Waals surface area contributed by atoms with Crippen molar-refractivity contribution in [2.45, 2.75) is 43.6 Å². The highest BCUT2D eigenvalue weighted by Gasteiger charge is 2.14. The molecule has 0 saturated heterocycles. The summed E-state index contributed by atoms with van der Waals surface area (Å²) < 4.78 is 10.3. The van der Waals surface area contributed by atoms with Gasteiger partial charge in [0.1, 0.15) is 5.03 Å². The van der Waals surface area contributed by atoms with Crippen molar-refractivity contribution in [3.63, 3.8) is 0 Å². The van der Waals surface area contributed by atoms with Crippen LogP contribution in [0.1, 0.15) is 27.2 Å². The Kier molecular flexibility index (Phi) is 5.98. The third-order valence-electron chi connectivity index (χ3n) is 2.09. The van der Waals surface area contributed by atoms with Gasteiger partial charge in [-0.25, -0.2) is 4.98 Å². The van der Waals surface area contributed by atoms with Gasteiger partial charge in [0.05, 0.1) is 19.6 Å². The van der Waals surface area contributed by atoms with Gasteiger partial charge in [0.15, 0.2) is 5.75 Å². The highest BCUT2D eigenvalue weighted by molar-refractivity contribution is 8.00. The molecule has 0 amide bonds. The second kappa shape index (κ2) is 7.26. The van der Waals surface area contributed by atoms with Crippen molar-refractivity contribution in [3.8, 4) is 5.75 Å². The molecule has 1 atom stereocenters. The van der Waals surface area contributed by atoms with Gasteiger partial charge in [0.2, 0.25) is 0 Å². The van der Waals surface area contributed by atoms with E-state index < -0.39 is 0 Å². The van der Waals surface area contributed by atoms with E-state index in [1.165, 1.54) is 18.9 Å². The number of hydrogen-bond donors (Lipinski definition) is 0. The van der Waals surface area contributed by atoms with Crippen LogP contribution < -0.4 is 4.74 Å². The van der Waals surface area contributed by atoms with Crippen LogP contribution in [0.4, 0.5) is 0 Å². The maximum absolute atomic E-state index is 11.2. The summed E-state index contributed by atoms with van der Waals surface area (Å²) in [4.78, 5) is 15.5. The van der Waals surface area contributed by atoms with Crippen LogP contribution in [0.5, 0.6) is 5.75 Å². The first-order valence-corrected chi connectivity index (χ1v) is 6.76. The molecule has 1 aromatic heterocycles. The highest BCUT2D eigenvalue weighted by atomic mass is 32.2. The van der Waals surface area contributed by atoms with Gasteiger partial charge < -0.3 is 9.47 Å². The molecule has 0 spiro atoms. The number of methoxy groups -OCH3 is 1. The third kappa shape index (κ3) is 4.96. The van der Waals surface area contributed by atoms with E-state index >= 15 is 0 Å². The van der Waals surface area contributed by atoms with Gasteiger partial charge in [-0.3, -0.25) is 4.79 Å². The lowest BCUT2D eigenvalue weighted by Gasteiger charge is -2.15. The van der Waals surface area contributed by atoms with Gasteiger partial charge in [-0.1, -0.05) is 18.7 Å². The van der Waals surface area contributed by atoms with Gasteiger partial charge in [-0.15, -0.1) is 0 Å². The van der Waals surface area contributed by atoms with Crippen LogP contribution in [0.3, 0.4) is 0 Å². The predicted molar refractivity (Wildman–Crippen MR) is 72.0 cm³/mol. The molecule has 1 unspecified atom stereocenters. The second-order valence-electron chi connectivity index (χ2n) is 4.18. The Labute approximate surface area is 112 Å². The lowest BCUT2D eigenvalue weighted by atomic mass is 10.3. The zero-order valence-corrected chi connectivity index (χ0v) is 12.0. The van der Waals surface area contributed by atoms with Crippen molar-refractivity contribution in [1.29, 1.82) is 0 Å². The molecular weight excluding hydrogens is 250 g/mol. The van der Waals surface area contributed by atoms with E-state index in [0.717, 1.165) is 10.8 Å². The van der Waals surface area contributed by atoms with Crippen molar-refractivity contribution in [2.75, 3.05) is 7.11 Å². The first kappa shape index (κ1) is 14.8. The maximum Gasteiger partial charge on any atom is 0.306 e. The van der Waals surface area contributed by atoms with E-state index in [1.807, 2.05) is 32.9 Å². The quantitative estimate of drug-likeness (QED) is 0.587. The summed E-state index contributed by atoms with van der Waals surface area (Å²) in [5, 5.41) is 0.907. The monoisotopic (exact) mass is 269 g/mol. The Morgan fingerprint density at radius 1 is 1.44 bits per heavy atom. The van der Waals surface area contributed by atoms with Crippen LogP contribution >= 0.6 is 11.8 Å². The summed E-state index contributed by atoms with van der Waals surface area (Å²) in [5.74, 6) is 0.548. The number of pyridine rings is 1. The molecular formula is C13H19NO3S. The van der Waals surface area contributed by atoms with Crippen molar-refractivity contribution in [1.82, 2.24) is 4.98 Å². The number of carbonyl (C=O) groups excluding carboxylic acids is 1. The minimum absolute atomic E-state index is 0.0989. The largest absolute Gasteiger partial charge is 0.488 e. The minimum Gasteiger partial charge on any atom is -0.488 e. The summed E-state index contributed by atoms with van der Waals surface area (Å²) in [6, 6.07) is 3.73. The molecule has 1 rings (SSSR count). The molecule has 5 heteroatoms. The first-order valence-electron chi connectivity index (χ1n) is 5.88. The SMILES string of the molecule is COC(=O)CC(C)Sc1ncccc1OC(C)C. The van der Waals surface area contributed by atoms with Crippen molar-refractivity contribution >= 4 is 17.7 Å². The van der Waals surface area contributed by atoms with Crippen LogP contribution in [0.25, 0.3) is 0 Å². The van der Waals surface area contributed by atoms with Gasteiger partial charge in [0, 0.05) is 11.4 Å². The Balaban J connectivity index is 2.68. The number of aromatic nitrogens is 1. The standard InChI is InChI=1S/C13H19NO3S/c1-9(2)17-11-6-5-7-14-13(11)18-10(3)8-12(15)16-4/h5-7,9-10H,8H2,1-4H3. The summed E-state index contributed by atoms with van der Waals surface area (Å²) in [6.07, 6.45) is 2.18. The van der Waals surface area contributed by atoms with E-state index in [1.54, 1.807) is 6.20 Å². The van der Waals surface area contributed by atoms with Gasteiger partial charge in [0.25, 0.3) is 0 Å². The number of carbonyl (C=O) groups is 1. The number of rotatable bonds is 6. The zero-order chi connectivity index (χ0) is 13.5. The van der Waals surface area contributed by atoms with Crippen LogP contribution in [0.2, 0.25) is 0 Å². The van der Waals surface area contributed by atoms with E-state index in [9.17, 15) is 4.79 Å². The summed E-state index contributed by atoms with van der Waals surface area (Å²) in [6.45, 7) is 5.91. The van der Waals surface area contributed by atoms with E-state index in [2.05, 4.69) is 9.72 Å². The normalized spacial score (nSPS) is 12.3. The van der Waals surface area contributed by atoms with Crippen molar-refractivity contribution < 1.29 is 14.3 Å². The zero-order valence-electron chi connectivity index (χ0n) is 11.2. The molecule has 1 heterocycles. The minimum atomic E-state index is -0.211. The average molecular weight is 269 g/mol. The molecule has 0 radical (unpaired) electrons. The van der Waals surface area contributed by atoms with Gasteiger partial charge in [-0.05, 0) is 26.0 Å². The van der Waals surface area contributed by atoms with Gasteiger partial charge >= 0.3 is 5.97 Å². The Morgan fingerprint density at radius 3 is 2.78 bits per heavy atom. The molecule has 0 aliphatic carbocycles. The van der Waals surface area contributed by atoms with Crippen LogP contribution in [0, 0.1) is 0 Å². The number of hydrogen-bond acceptors (Lipinski definition) is 5. The molecule has 18 heavy (non-hydrogen) atoms. The molecule has 0 fully saturated rings. The molecule has 0 aliphatic rings. The fraction of sp³-hybridized carbons (Fsp3) is 0.538. The summed E-state index contributed by atoms with van der Waals surface area (Å²) >= 11 is 1.52. The van der Waals surface area contributed by atoms with Crippen LogP contribution in [-0.4, -0.2) is 29.4 Å². The lowest BCUT2D eigenvalue weighted by molar-refractivity contribution is -0.140. The van der Waals surface area contributed by atoms with Crippen molar-refractivity contribution in [2.24, 2.45) is 0 Å². The smallest absolute Gasteiger partial charge is 0.306 e. The molecule has 0 aromatic carbocycles. The molecule has 4 nitrogen and oxygen atoms in total. The average Bonchev–Trinajstić information content (AvgIpc) is 2.30. The number of ether oxygens (including phenoxy) is 2. The first-order chi connectivity index (χ1) is 8.52.